The number of nitrogens with zero attached hydrogens (tertiary/aromatic N) is 4. The van der Waals surface area contributed by atoms with E-state index in [0.29, 0.717) is 31.1 Å². The molecule has 1 aromatic heterocycles. The Labute approximate surface area is 176 Å². The Morgan fingerprint density at radius 1 is 1.14 bits per heavy atom. The van der Waals surface area contributed by atoms with Crippen molar-refractivity contribution >= 4 is 29.2 Å². The number of nitrogens with one attached hydrogen (secondary N) is 1. The molecule has 8 heteroatoms. The molecule has 3 rings (SSSR count). The van der Waals surface area contributed by atoms with E-state index in [1.807, 2.05) is 42.5 Å². The summed E-state index contributed by atoms with van der Waals surface area (Å²) in [5, 5.41) is 3.44. The molecule has 2 heterocycles. The van der Waals surface area contributed by atoms with Crippen LogP contribution in [-0.2, 0) is 11.2 Å². The number of hydrogen-bond acceptors (Lipinski definition) is 4. The van der Waals surface area contributed by atoms with E-state index in [2.05, 4.69) is 15.2 Å². The Bertz CT molecular complexity index is 825. The molecule has 2 aromatic rings. The monoisotopic (exact) mass is 415 g/mol. The fourth-order valence-corrected chi connectivity index (χ4v) is 3.38. The van der Waals surface area contributed by atoms with Crippen LogP contribution in [0, 0.1) is 0 Å². The minimum absolute atomic E-state index is 0.00788. The van der Waals surface area contributed by atoms with Crippen LogP contribution in [0.4, 0.5) is 10.5 Å². The summed E-state index contributed by atoms with van der Waals surface area (Å²) in [6.45, 7) is 3.21. The van der Waals surface area contributed by atoms with Crippen molar-refractivity contribution in [2.75, 3.05) is 51.2 Å². The van der Waals surface area contributed by atoms with Crippen LogP contribution in [0.25, 0.3) is 0 Å². The van der Waals surface area contributed by atoms with Gasteiger partial charge in [0.05, 0.1) is 6.54 Å². The Balaban J connectivity index is 1.38. The highest BCUT2D eigenvalue weighted by Crippen LogP contribution is 2.20. The second-order valence-corrected chi connectivity index (χ2v) is 7.44. The van der Waals surface area contributed by atoms with E-state index < -0.39 is 0 Å². The number of piperazine rings is 1. The molecule has 0 saturated carbocycles. The molecule has 1 fully saturated rings. The van der Waals surface area contributed by atoms with Gasteiger partial charge in [-0.25, -0.2) is 4.79 Å². The maximum Gasteiger partial charge on any atom is 0.317 e. The first-order valence-corrected chi connectivity index (χ1v) is 10.1. The van der Waals surface area contributed by atoms with Crippen LogP contribution < -0.4 is 10.2 Å². The lowest BCUT2D eigenvalue weighted by molar-refractivity contribution is -0.128. The van der Waals surface area contributed by atoms with Gasteiger partial charge in [0.15, 0.2) is 0 Å². The minimum Gasteiger partial charge on any atom is -0.368 e. The summed E-state index contributed by atoms with van der Waals surface area (Å²) in [7, 11) is 1.74. The van der Waals surface area contributed by atoms with Crippen molar-refractivity contribution in [1.29, 1.82) is 0 Å². The fourth-order valence-electron chi connectivity index (χ4n) is 3.19. The smallest absolute Gasteiger partial charge is 0.317 e. The first-order valence-electron chi connectivity index (χ1n) is 9.70. The Kier molecular flexibility index (Phi) is 7.30. The number of rotatable bonds is 6. The van der Waals surface area contributed by atoms with Crippen LogP contribution in [0.5, 0.6) is 0 Å². The highest BCUT2D eigenvalue weighted by molar-refractivity contribution is 6.30. The van der Waals surface area contributed by atoms with Gasteiger partial charge in [-0.2, -0.15) is 0 Å². The van der Waals surface area contributed by atoms with Crippen LogP contribution >= 0.6 is 11.6 Å². The van der Waals surface area contributed by atoms with Crippen molar-refractivity contribution in [3.63, 3.8) is 0 Å². The van der Waals surface area contributed by atoms with E-state index in [9.17, 15) is 9.59 Å². The number of likely N-dealkylation sites (N-methyl/N-ethyl adjacent to an activating group) is 1. The zero-order valence-electron chi connectivity index (χ0n) is 16.6. The Hall–Kier alpha value is -2.80. The molecular formula is C21H26ClN5O2. The van der Waals surface area contributed by atoms with Gasteiger partial charge in [-0.3, -0.25) is 9.78 Å². The zero-order chi connectivity index (χ0) is 20.6. The van der Waals surface area contributed by atoms with Crippen molar-refractivity contribution in [2.24, 2.45) is 0 Å². The highest BCUT2D eigenvalue weighted by atomic mass is 35.5. The van der Waals surface area contributed by atoms with Crippen LogP contribution in [0.2, 0.25) is 5.02 Å². The number of carbonyl (C=O) groups excluding carboxylic acids is 2. The van der Waals surface area contributed by atoms with Crippen LogP contribution in [0.3, 0.4) is 0 Å². The van der Waals surface area contributed by atoms with Crippen molar-refractivity contribution in [1.82, 2.24) is 20.1 Å². The third-order valence-corrected chi connectivity index (χ3v) is 5.22. The molecule has 154 valence electrons. The van der Waals surface area contributed by atoms with Crippen molar-refractivity contribution in [3.8, 4) is 0 Å². The topological polar surface area (TPSA) is 68.8 Å². The largest absolute Gasteiger partial charge is 0.368 e. The number of anilines is 1. The molecule has 7 nitrogen and oxygen atoms in total. The molecule has 0 atom stereocenters. The molecule has 1 N–H and O–H groups in total. The quantitative estimate of drug-likeness (QED) is 0.785. The molecule has 3 amide bonds. The maximum absolute atomic E-state index is 12.4. The van der Waals surface area contributed by atoms with E-state index in [0.717, 1.165) is 24.5 Å². The maximum atomic E-state index is 12.4. The average molecular weight is 416 g/mol. The van der Waals surface area contributed by atoms with Crippen molar-refractivity contribution < 1.29 is 9.59 Å². The molecule has 1 aliphatic heterocycles. The molecule has 0 spiro atoms. The second-order valence-electron chi connectivity index (χ2n) is 7.00. The number of halogens is 1. The molecule has 1 aliphatic rings. The molecule has 0 bridgehead atoms. The summed E-state index contributed by atoms with van der Waals surface area (Å²) in [4.78, 5) is 34.5. The number of carbonyl (C=O) groups is 2. The normalized spacial score (nSPS) is 13.9. The van der Waals surface area contributed by atoms with Crippen molar-refractivity contribution in [3.05, 3.63) is 59.4 Å². The van der Waals surface area contributed by atoms with Gasteiger partial charge in [-0.1, -0.05) is 23.7 Å². The predicted octanol–water partition coefficient (Wildman–Crippen LogP) is 2.27. The number of pyridine rings is 1. The molecule has 1 saturated heterocycles. The molecular weight excluding hydrogens is 390 g/mol. The van der Waals surface area contributed by atoms with Crippen molar-refractivity contribution in [2.45, 2.75) is 6.42 Å². The van der Waals surface area contributed by atoms with Gasteiger partial charge < -0.3 is 20.0 Å². The second kappa shape index (κ2) is 10.1. The molecule has 0 aliphatic carbocycles. The molecule has 29 heavy (non-hydrogen) atoms. The van der Waals surface area contributed by atoms with E-state index in [4.69, 9.17) is 11.6 Å². The number of urea groups is 1. The lowest BCUT2D eigenvalue weighted by Crippen LogP contribution is -2.53. The summed E-state index contributed by atoms with van der Waals surface area (Å²) in [6, 6.07) is 13.2. The minimum atomic E-state index is -0.206. The fraction of sp³-hybridized carbons (Fsp3) is 0.381. The summed E-state index contributed by atoms with van der Waals surface area (Å²) < 4.78 is 0. The summed E-state index contributed by atoms with van der Waals surface area (Å²) in [5.74, 6) is -0.119. The predicted molar refractivity (Wildman–Crippen MR) is 114 cm³/mol. The van der Waals surface area contributed by atoms with Gasteiger partial charge in [0, 0.05) is 68.8 Å². The summed E-state index contributed by atoms with van der Waals surface area (Å²) in [6.07, 6.45) is 2.42. The van der Waals surface area contributed by atoms with E-state index in [1.165, 1.54) is 0 Å². The third-order valence-electron chi connectivity index (χ3n) is 4.99. The lowest BCUT2D eigenvalue weighted by atomic mass is 10.2. The van der Waals surface area contributed by atoms with Gasteiger partial charge in [-0.05, 0) is 30.3 Å². The summed E-state index contributed by atoms with van der Waals surface area (Å²) >= 11 is 6.06. The van der Waals surface area contributed by atoms with Gasteiger partial charge in [0.2, 0.25) is 5.91 Å². The van der Waals surface area contributed by atoms with Crippen LogP contribution in [0.15, 0.2) is 48.7 Å². The van der Waals surface area contributed by atoms with Gasteiger partial charge in [0.25, 0.3) is 0 Å². The van der Waals surface area contributed by atoms with Gasteiger partial charge in [0.1, 0.15) is 0 Å². The number of aromatic nitrogens is 1. The average Bonchev–Trinajstić information content (AvgIpc) is 2.76. The summed E-state index contributed by atoms with van der Waals surface area (Å²) in [5.41, 5.74) is 2.00. The first-order chi connectivity index (χ1) is 14.0. The Morgan fingerprint density at radius 3 is 2.62 bits per heavy atom. The number of hydrogen-bond donors (Lipinski definition) is 1. The molecule has 1 aromatic carbocycles. The Morgan fingerprint density at radius 2 is 1.93 bits per heavy atom. The number of amides is 3. The van der Waals surface area contributed by atoms with Gasteiger partial charge >= 0.3 is 6.03 Å². The third kappa shape index (κ3) is 6.09. The van der Waals surface area contributed by atoms with E-state index >= 15 is 0 Å². The lowest BCUT2D eigenvalue weighted by Gasteiger charge is -2.36. The first kappa shape index (κ1) is 20.9. The SMILES string of the molecule is CN(CCc1ccccn1)C(=O)CNC(=O)N1CCN(c2cccc(Cl)c2)CC1. The van der Waals surface area contributed by atoms with Crippen LogP contribution in [-0.4, -0.2) is 73.0 Å². The zero-order valence-corrected chi connectivity index (χ0v) is 17.3. The highest BCUT2D eigenvalue weighted by Gasteiger charge is 2.22. The molecule has 0 unspecified atom stereocenters. The number of benzene rings is 1. The van der Waals surface area contributed by atoms with Crippen LogP contribution in [0.1, 0.15) is 5.69 Å². The van der Waals surface area contributed by atoms with E-state index in [1.54, 1.807) is 23.0 Å². The standard InChI is InChI=1S/C21H26ClN5O2/c1-25(10-8-18-6-2-3-9-23-18)20(28)16-24-21(29)27-13-11-26(12-14-27)19-7-4-5-17(22)15-19/h2-7,9,15H,8,10-14,16H2,1H3,(H,24,29). The molecule has 0 radical (unpaired) electrons. The van der Waals surface area contributed by atoms with Gasteiger partial charge in [-0.15, -0.1) is 0 Å². The van der Waals surface area contributed by atoms with E-state index in [-0.39, 0.29) is 18.5 Å².